The summed E-state index contributed by atoms with van der Waals surface area (Å²) < 4.78 is 24.5. The Morgan fingerprint density at radius 3 is 2.15 bits per heavy atom. The number of sulfone groups is 1. The van der Waals surface area contributed by atoms with Gasteiger partial charge in [0.15, 0.2) is 9.84 Å². The normalized spacial score (nSPS) is 23.5. The predicted molar refractivity (Wildman–Crippen MR) is 101 cm³/mol. The lowest BCUT2D eigenvalue weighted by Crippen LogP contribution is -2.37. The van der Waals surface area contributed by atoms with Gasteiger partial charge in [0.1, 0.15) is 0 Å². The summed E-state index contributed by atoms with van der Waals surface area (Å²) >= 11 is 0. The van der Waals surface area contributed by atoms with Crippen molar-refractivity contribution in [1.29, 1.82) is 0 Å². The number of aryl methyl sites for hydroxylation is 1. The molecule has 2 saturated heterocycles. The molecule has 0 N–H and O–H groups in total. The lowest BCUT2D eigenvalue weighted by Gasteiger charge is -2.23. The first-order valence-electron chi connectivity index (χ1n) is 8.41. The molecule has 0 spiro atoms. The van der Waals surface area contributed by atoms with Crippen LogP contribution in [0, 0.1) is 17.0 Å². The number of rotatable bonds is 3. The Morgan fingerprint density at radius 2 is 1.59 bits per heavy atom. The smallest absolute Gasteiger partial charge is 0.288 e. The Morgan fingerprint density at radius 1 is 1.00 bits per heavy atom. The molecule has 0 aliphatic carbocycles. The summed E-state index contributed by atoms with van der Waals surface area (Å²) in [6, 6.07) is 11.6. The number of nitro benzene ring substituents is 1. The van der Waals surface area contributed by atoms with E-state index in [0.29, 0.717) is 11.4 Å². The number of carbonyl (C=O) groups is 1. The summed E-state index contributed by atoms with van der Waals surface area (Å²) in [7, 11) is -3.29. The molecule has 2 aliphatic rings. The standard InChI is InChI=1S/C18H17N3O5S/c1-12-3-2-4-15(9-12)20-17-11-27(25,26)10-16(17)19(18(20)22)13-5-7-14(8-6-13)21(23)24/h2-9,16-17H,10-11H2,1H3/t16-,17+/m0/s1. The van der Waals surface area contributed by atoms with Crippen LogP contribution >= 0.6 is 0 Å². The molecule has 2 heterocycles. The number of carbonyl (C=O) groups excluding carboxylic acids is 1. The van der Waals surface area contributed by atoms with Crippen LogP contribution in [0.3, 0.4) is 0 Å². The minimum atomic E-state index is -3.29. The molecule has 8 nitrogen and oxygen atoms in total. The van der Waals surface area contributed by atoms with Gasteiger partial charge in [0, 0.05) is 23.5 Å². The topological polar surface area (TPSA) is 101 Å². The van der Waals surface area contributed by atoms with E-state index in [4.69, 9.17) is 0 Å². The fraction of sp³-hybridized carbons (Fsp3) is 0.278. The number of fused-ring (bicyclic) bond motifs is 1. The maximum absolute atomic E-state index is 13.2. The van der Waals surface area contributed by atoms with Crippen molar-refractivity contribution in [3.8, 4) is 0 Å². The Labute approximate surface area is 156 Å². The molecule has 0 bridgehead atoms. The van der Waals surface area contributed by atoms with Crippen molar-refractivity contribution in [1.82, 2.24) is 0 Å². The molecule has 27 heavy (non-hydrogen) atoms. The summed E-state index contributed by atoms with van der Waals surface area (Å²) in [5, 5.41) is 10.9. The number of hydrogen-bond acceptors (Lipinski definition) is 5. The van der Waals surface area contributed by atoms with E-state index in [1.807, 2.05) is 25.1 Å². The van der Waals surface area contributed by atoms with E-state index in [1.165, 1.54) is 34.1 Å². The molecule has 2 amide bonds. The quantitative estimate of drug-likeness (QED) is 0.458. The third-order valence-corrected chi connectivity index (χ3v) is 6.69. The first-order valence-corrected chi connectivity index (χ1v) is 10.2. The van der Waals surface area contributed by atoms with Crippen LogP contribution in [0.15, 0.2) is 48.5 Å². The second kappa shape index (κ2) is 6.05. The highest BCUT2D eigenvalue weighted by molar-refractivity contribution is 7.91. The number of non-ortho nitro benzene ring substituents is 1. The third kappa shape index (κ3) is 2.93. The van der Waals surface area contributed by atoms with Crippen LogP contribution in [0.5, 0.6) is 0 Å². The zero-order chi connectivity index (χ0) is 19.3. The zero-order valence-electron chi connectivity index (χ0n) is 14.5. The number of benzene rings is 2. The molecule has 2 aliphatic heterocycles. The number of anilines is 2. The molecule has 4 rings (SSSR count). The molecule has 0 unspecified atom stereocenters. The van der Waals surface area contributed by atoms with E-state index in [9.17, 15) is 23.3 Å². The van der Waals surface area contributed by atoms with Crippen LogP contribution in [-0.4, -0.2) is 43.0 Å². The molecule has 2 atom stereocenters. The number of nitrogens with zero attached hydrogens (tertiary/aromatic N) is 3. The number of amides is 2. The van der Waals surface area contributed by atoms with Crippen molar-refractivity contribution in [2.24, 2.45) is 0 Å². The van der Waals surface area contributed by atoms with Gasteiger partial charge in [-0.1, -0.05) is 12.1 Å². The minimum absolute atomic E-state index is 0.0865. The van der Waals surface area contributed by atoms with Gasteiger partial charge >= 0.3 is 6.03 Å². The van der Waals surface area contributed by atoms with E-state index in [-0.39, 0.29) is 23.2 Å². The average Bonchev–Trinajstić information content (AvgIpc) is 3.03. The average molecular weight is 387 g/mol. The Kier molecular flexibility index (Phi) is 3.92. The maximum atomic E-state index is 13.2. The van der Waals surface area contributed by atoms with Gasteiger partial charge in [-0.25, -0.2) is 13.2 Å². The SMILES string of the molecule is Cc1cccc(N2C(=O)N(c3ccc([N+](=O)[O-])cc3)[C@H]3CS(=O)(=O)C[C@H]32)c1. The van der Waals surface area contributed by atoms with Gasteiger partial charge in [0.2, 0.25) is 0 Å². The molecular weight excluding hydrogens is 370 g/mol. The molecule has 0 radical (unpaired) electrons. The van der Waals surface area contributed by atoms with Crippen LogP contribution in [0.2, 0.25) is 0 Å². The first kappa shape index (κ1) is 17.5. The Balaban J connectivity index is 1.78. The summed E-state index contributed by atoms with van der Waals surface area (Å²) in [6.45, 7) is 1.90. The second-order valence-electron chi connectivity index (χ2n) is 6.85. The van der Waals surface area contributed by atoms with Gasteiger partial charge in [-0.2, -0.15) is 0 Å². The number of hydrogen-bond donors (Lipinski definition) is 0. The second-order valence-corrected chi connectivity index (χ2v) is 9.00. The van der Waals surface area contributed by atoms with Crippen molar-refractivity contribution >= 4 is 32.9 Å². The maximum Gasteiger partial charge on any atom is 0.329 e. The van der Waals surface area contributed by atoms with Crippen molar-refractivity contribution in [3.63, 3.8) is 0 Å². The summed E-state index contributed by atoms with van der Waals surface area (Å²) in [5.41, 5.74) is 1.98. The molecule has 2 aromatic rings. The monoisotopic (exact) mass is 387 g/mol. The minimum Gasteiger partial charge on any atom is -0.288 e. The van der Waals surface area contributed by atoms with Crippen LogP contribution in [0.25, 0.3) is 0 Å². The number of urea groups is 1. The molecule has 0 aromatic heterocycles. The lowest BCUT2D eigenvalue weighted by molar-refractivity contribution is -0.384. The van der Waals surface area contributed by atoms with Crippen molar-refractivity contribution < 1.29 is 18.1 Å². The van der Waals surface area contributed by atoms with Crippen LogP contribution in [-0.2, 0) is 9.84 Å². The van der Waals surface area contributed by atoms with E-state index in [1.54, 1.807) is 6.07 Å². The highest BCUT2D eigenvalue weighted by atomic mass is 32.2. The fourth-order valence-electron chi connectivity index (χ4n) is 3.82. The molecule has 2 fully saturated rings. The Hall–Kier alpha value is -2.94. The van der Waals surface area contributed by atoms with Crippen LogP contribution in [0.1, 0.15) is 5.56 Å². The van der Waals surface area contributed by atoms with E-state index < -0.39 is 26.8 Å². The van der Waals surface area contributed by atoms with Gasteiger partial charge in [0.05, 0.1) is 28.5 Å². The van der Waals surface area contributed by atoms with Gasteiger partial charge in [0.25, 0.3) is 5.69 Å². The highest BCUT2D eigenvalue weighted by Crippen LogP contribution is 2.38. The van der Waals surface area contributed by atoms with Gasteiger partial charge in [-0.15, -0.1) is 0 Å². The lowest BCUT2D eigenvalue weighted by atomic mass is 10.1. The summed E-state index contributed by atoms with van der Waals surface area (Å²) in [5.74, 6) is -0.219. The first-order chi connectivity index (χ1) is 12.8. The van der Waals surface area contributed by atoms with Crippen molar-refractivity contribution in [3.05, 3.63) is 64.2 Å². The van der Waals surface area contributed by atoms with E-state index >= 15 is 0 Å². The van der Waals surface area contributed by atoms with Gasteiger partial charge < -0.3 is 0 Å². The number of nitro groups is 1. The molecule has 140 valence electrons. The van der Waals surface area contributed by atoms with Gasteiger partial charge in [-0.3, -0.25) is 19.9 Å². The molecule has 9 heteroatoms. The fourth-order valence-corrected chi connectivity index (χ4v) is 5.74. The molecule has 2 aromatic carbocycles. The van der Waals surface area contributed by atoms with E-state index in [2.05, 4.69) is 0 Å². The predicted octanol–water partition coefficient (Wildman–Crippen LogP) is 2.52. The van der Waals surface area contributed by atoms with Crippen molar-refractivity contribution in [2.75, 3.05) is 21.3 Å². The van der Waals surface area contributed by atoms with Crippen LogP contribution < -0.4 is 9.80 Å². The zero-order valence-corrected chi connectivity index (χ0v) is 15.3. The summed E-state index contributed by atoms with van der Waals surface area (Å²) in [6.07, 6.45) is 0. The largest absolute Gasteiger partial charge is 0.329 e. The molecule has 0 saturated carbocycles. The molecular formula is C18H17N3O5S. The van der Waals surface area contributed by atoms with Crippen LogP contribution in [0.4, 0.5) is 21.9 Å². The van der Waals surface area contributed by atoms with Gasteiger partial charge in [-0.05, 0) is 36.8 Å². The van der Waals surface area contributed by atoms with Crippen molar-refractivity contribution in [2.45, 2.75) is 19.0 Å². The van der Waals surface area contributed by atoms with E-state index in [0.717, 1.165) is 5.56 Å². The highest BCUT2D eigenvalue weighted by Gasteiger charge is 2.54. The summed E-state index contributed by atoms with van der Waals surface area (Å²) in [4.78, 5) is 26.5. The third-order valence-electron chi connectivity index (χ3n) is 4.99. The Bertz CT molecular complexity index is 1040.